The quantitative estimate of drug-likeness (QED) is 0.841. The number of amides is 2. The number of urea groups is 1. The molecule has 0 spiro atoms. The molecule has 1 unspecified atom stereocenters. The maximum atomic E-state index is 11.9. The monoisotopic (exact) mass is 312 g/mol. The number of anilines is 1. The lowest BCUT2D eigenvalue weighted by Gasteiger charge is -2.19. The average molecular weight is 312 g/mol. The molecule has 2 N–H and O–H groups in total. The van der Waals surface area contributed by atoms with Crippen molar-refractivity contribution in [1.82, 2.24) is 5.32 Å². The van der Waals surface area contributed by atoms with Crippen LogP contribution in [0.2, 0.25) is 0 Å². The molecule has 7 nitrogen and oxygen atoms in total. The Kier molecular flexibility index (Phi) is 3.62. The van der Waals surface area contributed by atoms with Crippen molar-refractivity contribution in [2.75, 3.05) is 30.0 Å². The van der Waals surface area contributed by atoms with E-state index in [1.165, 1.54) is 0 Å². The van der Waals surface area contributed by atoms with Crippen molar-refractivity contribution in [3.8, 4) is 11.5 Å². The highest BCUT2D eigenvalue weighted by Crippen LogP contribution is 2.32. The van der Waals surface area contributed by atoms with Crippen molar-refractivity contribution in [2.24, 2.45) is 0 Å². The highest BCUT2D eigenvalue weighted by atomic mass is 32.2. The Morgan fingerprint density at radius 1 is 1.19 bits per heavy atom. The summed E-state index contributed by atoms with van der Waals surface area (Å²) in [6, 6.07) is 4.36. The smallest absolute Gasteiger partial charge is 0.319 e. The molecule has 21 heavy (non-hydrogen) atoms. The van der Waals surface area contributed by atoms with E-state index in [0.717, 1.165) is 0 Å². The van der Waals surface area contributed by atoms with Gasteiger partial charge in [0.05, 0.1) is 11.5 Å². The van der Waals surface area contributed by atoms with E-state index in [4.69, 9.17) is 9.47 Å². The molecule has 3 rings (SSSR count). The molecule has 0 aliphatic carbocycles. The van der Waals surface area contributed by atoms with Crippen LogP contribution in [-0.4, -0.2) is 45.2 Å². The molecule has 0 bridgehead atoms. The van der Waals surface area contributed by atoms with Gasteiger partial charge < -0.3 is 20.1 Å². The van der Waals surface area contributed by atoms with E-state index >= 15 is 0 Å². The van der Waals surface area contributed by atoms with Crippen LogP contribution in [0.5, 0.6) is 11.5 Å². The van der Waals surface area contributed by atoms with Crippen molar-refractivity contribution in [3.63, 3.8) is 0 Å². The number of benzene rings is 1. The van der Waals surface area contributed by atoms with Gasteiger partial charge in [-0.15, -0.1) is 0 Å². The number of fused-ring (bicyclic) bond motifs is 1. The Morgan fingerprint density at radius 3 is 2.67 bits per heavy atom. The molecule has 2 aliphatic rings. The summed E-state index contributed by atoms with van der Waals surface area (Å²) in [6.45, 7) is 0.985. The lowest BCUT2D eigenvalue weighted by molar-refractivity contribution is 0.171. The van der Waals surface area contributed by atoms with Crippen LogP contribution in [-0.2, 0) is 9.84 Å². The number of hydrogen-bond acceptors (Lipinski definition) is 5. The molecule has 1 aromatic rings. The minimum Gasteiger partial charge on any atom is -0.486 e. The molecule has 0 saturated carbocycles. The van der Waals surface area contributed by atoms with Gasteiger partial charge in [-0.25, -0.2) is 13.2 Å². The summed E-state index contributed by atoms with van der Waals surface area (Å²) in [4.78, 5) is 11.9. The van der Waals surface area contributed by atoms with Gasteiger partial charge in [-0.05, 0) is 18.6 Å². The van der Waals surface area contributed by atoms with Gasteiger partial charge in [0.2, 0.25) is 0 Å². The molecule has 114 valence electrons. The fraction of sp³-hybridized carbons (Fsp3) is 0.462. The molecule has 2 aliphatic heterocycles. The molecule has 1 aromatic carbocycles. The number of carbonyl (C=O) groups excluding carboxylic acids is 1. The molecule has 0 radical (unpaired) electrons. The van der Waals surface area contributed by atoms with Crippen molar-refractivity contribution < 1.29 is 22.7 Å². The van der Waals surface area contributed by atoms with Crippen LogP contribution in [0.4, 0.5) is 10.5 Å². The Balaban J connectivity index is 1.60. The van der Waals surface area contributed by atoms with Gasteiger partial charge in [-0.2, -0.15) is 0 Å². The summed E-state index contributed by atoms with van der Waals surface area (Å²) in [5, 5.41) is 5.33. The predicted molar refractivity (Wildman–Crippen MR) is 76.6 cm³/mol. The largest absolute Gasteiger partial charge is 0.486 e. The van der Waals surface area contributed by atoms with Gasteiger partial charge in [0.1, 0.15) is 13.2 Å². The second-order valence-electron chi connectivity index (χ2n) is 5.06. The van der Waals surface area contributed by atoms with Crippen LogP contribution in [0.3, 0.4) is 0 Å². The van der Waals surface area contributed by atoms with E-state index < -0.39 is 15.9 Å². The molecule has 8 heteroatoms. The van der Waals surface area contributed by atoms with E-state index in [9.17, 15) is 13.2 Å². The minimum absolute atomic E-state index is 0.00155. The zero-order valence-corrected chi connectivity index (χ0v) is 12.1. The van der Waals surface area contributed by atoms with Crippen LogP contribution in [0.25, 0.3) is 0 Å². The Hall–Kier alpha value is -1.96. The third-order valence-corrected chi connectivity index (χ3v) is 5.14. The van der Waals surface area contributed by atoms with Crippen LogP contribution >= 0.6 is 0 Å². The van der Waals surface area contributed by atoms with Crippen LogP contribution in [0, 0.1) is 0 Å². The van der Waals surface area contributed by atoms with Gasteiger partial charge >= 0.3 is 6.03 Å². The van der Waals surface area contributed by atoms with Crippen molar-refractivity contribution in [1.29, 1.82) is 0 Å². The third-order valence-electron chi connectivity index (χ3n) is 3.37. The summed E-state index contributed by atoms with van der Waals surface area (Å²) < 4.78 is 33.5. The number of carbonyl (C=O) groups is 1. The van der Waals surface area contributed by atoms with Gasteiger partial charge in [-0.1, -0.05) is 0 Å². The lowest BCUT2D eigenvalue weighted by Crippen LogP contribution is -2.38. The summed E-state index contributed by atoms with van der Waals surface area (Å²) in [5.41, 5.74) is 0.567. The molecule has 1 fully saturated rings. The number of sulfone groups is 1. The molecule has 2 amide bonds. The predicted octanol–water partition coefficient (Wildman–Crippen LogP) is 0.766. The van der Waals surface area contributed by atoms with E-state index in [0.29, 0.717) is 36.8 Å². The lowest BCUT2D eigenvalue weighted by atomic mass is 10.2. The second kappa shape index (κ2) is 5.44. The Labute approximate surface area is 122 Å². The summed E-state index contributed by atoms with van der Waals surface area (Å²) >= 11 is 0. The maximum Gasteiger partial charge on any atom is 0.319 e. The first kappa shape index (κ1) is 14.0. The molecule has 2 heterocycles. The average Bonchev–Trinajstić information content (AvgIpc) is 2.77. The number of hydrogen-bond donors (Lipinski definition) is 2. The van der Waals surface area contributed by atoms with Crippen LogP contribution < -0.4 is 20.1 Å². The van der Waals surface area contributed by atoms with E-state index in [2.05, 4.69) is 10.6 Å². The van der Waals surface area contributed by atoms with Crippen LogP contribution in [0.15, 0.2) is 18.2 Å². The summed E-state index contributed by atoms with van der Waals surface area (Å²) in [5.74, 6) is 1.36. The second-order valence-corrected chi connectivity index (χ2v) is 7.29. The van der Waals surface area contributed by atoms with Crippen molar-refractivity contribution >= 4 is 21.6 Å². The van der Waals surface area contributed by atoms with Crippen molar-refractivity contribution in [2.45, 2.75) is 12.5 Å². The van der Waals surface area contributed by atoms with Crippen LogP contribution in [0.1, 0.15) is 6.42 Å². The zero-order valence-electron chi connectivity index (χ0n) is 11.3. The molecular weight excluding hydrogens is 296 g/mol. The minimum atomic E-state index is -3.01. The molecular formula is C13H16N2O5S. The van der Waals surface area contributed by atoms with Gasteiger partial charge in [0.15, 0.2) is 21.3 Å². The number of nitrogens with one attached hydrogen (secondary N) is 2. The van der Waals surface area contributed by atoms with Gasteiger partial charge in [0, 0.05) is 17.8 Å². The van der Waals surface area contributed by atoms with E-state index in [-0.39, 0.29) is 17.5 Å². The maximum absolute atomic E-state index is 11.9. The summed E-state index contributed by atoms with van der Waals surface area (Å²) in [6.07, 6.45) is 0.455. The first-order chi connectivity index (χ1) is 10.0. The SMILES string of the molecule is O=C(Nc1ccc2c(c1)OCCO2)NC1CCS(=O)(=O)C1. The Bertz CT molecular complexity index is 659. The van der Waals surface area contributed by atoms with Crippen molar-refractivity contribution in [3.05, 3.63) is 18.2 Å². The third kappa shape index (κ3) is 3.38. The highest BCUT2D eigenvalue weighted by Gasteiger charge is 2.28. The summed E-state index contributed by atoms with van der Waals surface area (Å²) in [7, 11) is -3.01. The van der Waals surface area contributed by atoms with Gasteiger partial charge in [-0.3, -0.25) is 0 Å². The fourth-order valence-electron chi connectivity index (χ4n) is 2.38. The molecule has 1 atom stereocenters. The van der Waals surface area contributed by atoms with Gasteiger partial charge in [0.25, 0.3) is 0 Å². The Morgan fingerprint density at radius 2 is 1.95 bits per heavy atom. The molecule has 0 aromatic heterocycles. The first-order valence-corrected chi connectivity index (χ1v) is 8.51. The topological polar surface area (TPSA) is 93.7 Å². The zero-order chi connectivity index (χ0) is 14.9. The standard InChI is InChI=1S/C13H16N2O5S/c16-13(15-10-3-6-21(17,18)8-10)14-9-1-2-11-12(7-9)20-5-4-19-11/h1-2,7,10H,3-6,8H2,(H2,14,15,16). The highest BCUT2D eigenvalue weighted by molar-refractivity contribution is 7.91. The fourth-order valence-corrected chi connectivity index (χ4v) is 4.06. The number of ether oxygens (including phenoxy) is 2. The normalized spacial score (nSPS) is 22.6. The molecule has 1 saturated heterocycles. The first-order valence-electron chi connectivity index (χ1n) is 6.69. The number of rotatable bonds is 2. The van der Waals surface area contributed by atoms with E-state index in [1.807, 2.05) is 0 Å². The van der Waals surface area contributed by atoms with E-state index in [1.54, 1.807) is 18.2 Å².